The molecule has 0 aromatic heterocycles. The second kappa shape index (κ2) is 10.3. The lowest BCUT2D eigenvalue weighted by molar-refractivity contribution is -0.145. The molecule has 0 fully saturated rings. The van der Waals surface area contributed by atoms with Crippen LogP contribution in [0.4, 0.5) is 0 Å². The number of nitrogens with one attached hydrogen (secondary N) is 2. The van der Waals surface area contributed by atoms with Crippen molar-refractivity contribution in [2.45, 2.75) is 12.5 Å². The number of halogens is 1. The number of benzene rings is 1. The van der Waals surface area contributed by atoms with Gasteiger partial charge in [-0.3, -0.25) is 9.59 Å². The first-order valence-corrected chi connectivity index (χ1v) is 9.06. The third-order valence-electron chi connectivity index (χ3n) is 2.95. The van der Waals surface area contributed by atoms with Crippen molar-refractivity contribution in [1.82, 2.24) is 10.6 Å². The Morgan fingerprint density at radius 3 is 2.48 bits per heavy atom. The molecule has 1 rings (SSSR count). The summed E-state index contributed by atoms with van der Waals surface area (Å²) in [6.45, 7) is -0.207. The normalized spacial score (nSPS) is 11.4. The van der Waals surface area contributed by atoms with Crippen LogP contribution in [0.25, 0.3) is 0 Å². The van der Waals surface area contributed by atoms with E-state index in [1.807, 2.05) is 6.26 Å². The van der Waals surface area contributed by atoms with Crippen LogP contribution in [0.1, 0.15) is 16.8 Å². The molecule has 0 aliphatic rings. The minimum Gasteiger partial charge on any atom is -0.467 e. The summed E-state index contributed by atoms with van der Waals surface area (Å²) < 4.78 is 5.52. The summed E-state index contributed by atoms with van der Waals surface area (Å²) in [7, 11) is 1.27. The van der Waals surface area contributed by atoms with Crippen molar-refractivity contribution in [2.75, 3.05) is 25.7 Å². The average molecular weight is 403 g/mol. The number of hydrogen-bond donors (Lipinski definition) is 2. The van der Waals surface area contributed by atoms with Gasteiger partial charge in [0.15, 0.2) is 0 Å². The molecule has 0 aliphatic heterocycles. The molecule has 23 heavy (non-hydrogen) atoms. The fourth-order valence-electron chi connectivity index (χ4n) is 1.74. The van der Waals surface area contributed by atoms with Gasteiger partial charge in [-0.2, -0.15) is 11.8 Å². The van der Waals surface area contributed by atoms with Crippen molar-refractivity contribution in [1.29, 1.82) is 0 Å². The number of rotatable bonds is 8. The highest BCUT2D eigenvalue weighted by atomic mass is 79.9. The summed E-state index contributed by atoms with van der Waals surface area (Å²) >= 11 is 4.85. The van der Waals surface area contributed by atoms with Crippen molar-refractivity contribution in [2.24, 2.45) is 0 Å². The molecule has 0 saturated heterocycles. The first-order chi connectivity index (χ1) is 11.0. The number of methoxy groups -OCH3 is 1. The zero-order chi connectivity index (χ0) is 17.2. The number of carbonyl (C=O) groups is 3. The Kier molecular flexibility index (Phi) is 8.71. The molecular formula is C15H19BrN2O4S. The van der Waals surface area contributed by atoms with Gasteiger partial charge in [0.2, 0.25) is 5.91 Å². The van der Waals surface area contributed by atoms with Crippen LogP contribution in [0.2, 0.25) is 0 Å². The summed E-state index contributed by atoms with van der Waals surface area (Å²) in [5.74, 6) is -0.573. The maximum Gasteiger partial charge on any atom is 0.328 e. The van der Waals surface area contributed by atoms with Crippen molar-refractivity contribution < 1.29 is 19.1 Å². The Balaban J connectivity index is 2.49. The summed E-state index contributed by atoms with van der Waals surface area (Å²) in [4.78, 5) is 35.4. The summed E-state index contributed by atoms with van der Waals surface area (Å²) in [6.07, 6.45) is 2.38. The summed E-state index contributed by atoms with van der Waals surface area (Å²) in [6, 6.07) is 6.07. The predicted octanol–water partition coefficient (Wildman–Crippen LogP) is 1.59. The lowest BCUT2D eigenvalue weighted by Crippen LogP contribution is -2.46. The lowest BCUT2D eigenvalue weighted by atomic mass is 10.2. The number of thioether (sulfide) groups is 1. The molecule has 0 bridgehead atoms. The van der Waals surface area contributed by atoms with E-state index >= 15 is 0 Å². The Labute approximate surface area is 147 Å². The van der Waals surface area contributed by atoms with Gasteiger partial charge in [-0.1, -0.05) is 15.9 Å². The molecule has 6 nitrogen and oxygen atoms in total. The summed E-state index contributed by atoms with van der Waals surface area (Å²) in [5, 5.41) is 5.08. The van der Waals surface area contributed by atoms with Gasteiger partial charge in [0.25, 0.3) is 5.91 Å². The zero-order valence-corrected chi connectivity index (χ0v) is 15.3. The molecular weight excluding hydrogens is 384 g/mol. The molecule has 0 unspecified atom stereocenters. The molecule has 0 radical (unpaired) electrons. The third-order valence-corrected chi connectivity index (χ3v) is 4.12. The zero-order valence-electron chi connectivity index (χ0n) is 12.9. The van der Waals surface area contributed by atoms with Crippen molar-refractivity contribution in [3.05, 3.63) is 34.3 Å². The second-order valence-corrected chi connectivity index (χ2v) is 6.52. The van der Waals surface area contributed by atoms with Crippen molar-refractivity contribution in [3.8, 4) is 0 Å². The molecule has 0 heterocycles. The van der Waals surface area contributed by atoms with E-state index in [9.17, 15) is 14.4 Å². The Morgan fingerprint density at radius 2 is 1.91 bits per heavy atom. The van der Waals surface area contributed by atoms with E-state index in [4.69, 9.17) is 0 Å². The SMILES string of the molecule is COC(=O)[C@@H](CCSC)NC(=O)CNC(=O)c1ccc(Br)cc1. The molecule has 1 aromatic carbocycles. The van der Waals surface area contributed by atoms with Gasteiger partial charge in [0.1, 0.15) is 6.04 Å². The molecule has 1 aromatic rings. The highest BCUT2D eigenvalue weighted by molar-refractivity contribution is 9.10. The highest BCUT2D eigenvalue weighted by Gasteiger charge is 2.21. The third kappa shape index (κ3) is 7.04. The van der Waals surface area contributed by atoms with Gasteiger partial charge in [-0.15, -0.1) is 0 Å². The number of hydrogen-bond acceptors (Lipinski definition) is 5. The van der Waals surface area contributed by atoms with E-state index in [-0.39, 0.29) is 12.5 Å². The molecule has 126 valence electrons. The molecule has 0 spiro atoms. The molecule has 0 saturated carbocycles. The van der Waals surface area contributed by atoms with Gasteiger partial charge in [0.05, 0.1) is 13.7 Å². The smallest absolute Gasteiger partial charge is 0.328 e. The predicted molar refractivity (Wildman–Crippen MR) is 93.4 cm³/mol. The van der Waals surface area contributed by atoms with E-state index in [2.05, 4.69) is 31.3 Å². The minimum absolute atomic E-state index is 0.207. The Bertz CT molecular complexity index is 551. The van der Waals surface area contributed by atoms with Crippen LogP contribution >= 0.6 is 27.7 Å². The molecule has 2 amide bonds. The van der Waals surface area contributed by atoms with Crippen LogP contribution in [0, 0.1) is 0 Å². The van der Waals surface area contributed by atoms with Crippen LogP contribution in [-0.2, 0) is 14.3 Å². The Morgan fingerprint density at radius 1 is 1.26 bits per heavy atom. The lowest BCUT2D eigenvalue weighted by Gasteiger charge is -2.16. The Hall–Kier alpha value is -1.54. The maximum atomic E-state index is 11.9. The van der Waals surface area contributed by atoms with Crippen molar-refractivity contribution in [3.63, 3.8) is 0 Å². The number of esters is 1. The minimum atomic E-state index is -0.704. The van der Waals surface area contributed by atoms with Gasteiger partial charge >= 0.3 is 5.97 Å². The van der Waals surface area contributed by atoms with Gasteiger partial charge < -0.3 is 15.4 Å². The van der Waals surface area contributed by atoms with Crippen LogP contribution < -0.4 is 10.6 Å². The van der Waals surface area contributed by atoms with E-state index in [1.165, 1.54) is 7.11 Å². The fraction of sp³-hybridized carbons (Fsp3) is 0.400. The first kappa shape index (κ1) is 19.5. The van der Waals surface area contributed by atoms with Crippen molar-refractivity contribution >= 4 is 45.5 Å². The van der Waals surface area contributed by atoms with Crippen LogP contribution in [0.5, 0.6) is 0 Å². The monoisotopic (exact) mass is 402 g/mol. The fourth-order valence-corrected chi connectivity index (χ4v) is 2.47. The summed E-state index contributed by atoms with van der Waals surface area (Å²) in [5.41, 5.74) is 0.452. The maximum absolute atomic E-state index is 11.9. The molecule has 0 aliphatic carbocycles. The van der Waals surface area contributed by atoms with Gasteiger partial charge in [0, 0.05) is 10.0 Å². The number of amides is 2. The quantitative estimate of drug-likeness (QED) is 0.644. The number of carbonyl (C=O) groups excluding carboxylic acids is 3. The van der Waals surface area contributed by atoms with E-state index < -0.39 is 17.9 Å². The van der Waals surface area contributed by atoms with E-state index in [0.717, 1.165) is 4.47 Å². The standard InChI is InChI=1S/C15H19BrN2O4S/c1-22-15(21)12(7-8-23-2)18-13(19)9-17-14(20)10-3-5-11(16)6-4-10/h3-6,12H,7-9H2,1-2H3,(H,17,20)(H,18,19)/t12-/m1/s1. The number of ether oxygens (including phenoxy) is 1. The topological polar surface area (TPSA) is 84.5 Å². The van der Waals surface area contributed by atoms with Crippen LogP contribution in [-0.4, -0.2) is 49.5 Å². The van der Waals surface area contributed by atoms with Gasteiger partial charge in [-0.05, 0) is 42.7 Å². The van der Waals surface area contributed by atoms with Crippen LogP contribution in [0.3, 0.4) is 0 Å². The van der Waals surface area contributed by atoms with E-state index in [1.54, 1.807) is 36.0 Å². The molecule has 8 heteroatoms. The van der Waals surface area contributed by atoms with Gasteiger partial charge in [-0.25, -0.2) is 4.79 Å². The first-order valence-electron chi connectivity index (χ1n) is 6.87. The van der Waals surface area contributed by atoms with Crippen LogP contribution in [0.15, 0.2) is 28.7 Å². The second-order valence-electron chi connectivity index (χ2n) is 4.61. The largest absolute Gasteiger partial charge is 0.467 e. The highest BCUT2D eigenvalue weighted by Crippen LogP contribution is 2.10. The molecule has 2 N–H and O–H groups in total. The average Bonchev–Trinajstić information content (AvgIpc) is 2.56. The molecule has 1 atom stereocenters. The van der Waals surface area contributed by atoms with E-state index in [0.29, 0.717) is 17.7 Å².